The number of hydrogen-bond donors (Lipinski definition) is 1. The van der Waals surface area contributed by atoms with Gasteiger partial charge in [0, 0.05) is 6.54 Å². The van der Waals surface area contributed by atoms with Crippen LogP contribution in [-0.2, 0) is 9.53 Å². The van der Waals surface area contributed by atoms with E-state index in [-0.39, 0.29) is 18.4 Å². The maximum absolute atomic E-state index is 11.5. The van der Waals surface area contributed by atoms with E-state index in [0.717, 1.165) is 12.5 Å². The molecule has 1 fully saturated rings. The largest absolute Gasteiger partial charge is 0.469 e. The van der Waals surface area contributed by atoms with Crippen LogP contribution in [0.1, 0.15) is 46.0 Å². The molecule has 0 aliphatic heterocycles. The second-order valence-electron chi connectivity index (χ2n) is 5.51. The lowest BCUT2D eigenvalue weighted by atomic mass is 9.88. The van der Waals surface area contributed by atoms with E-state index in [1.807, 2.05) is 13.8 Å². The predicted molar refractivity (Wildman–Crippen MR) is 72.5 cm³/mol. The fraction of sp³-hybridized carbons (Fsp3) is 0.923. The molecule has 3 nitrogen and oxygen atoms in total. The zero-order chi connectivity index (χ0) is 12.0. The zero-order valence-corrected chi connectivity index (χ0v) is 12.1. The van der Waals surface area contributed by atoms with Crippen molar-refractivity contribution < 1.29 is 9.53 Å². The Morgan fingerprint density at radius 1 is 1.29 bits per heavy atom. The monoisotopic (exact) mass is 263 g/mol. The normalized spacial score (nSPS) is 17.4. The first-order chi connectivity index (χ1) is 7.56. The van der Waals surface area contributed by atoms with E-state index >= 15 is 0 Å². The first-order valence-corrected chi connectivity index (χ1v) is 6.35. The summed E-state index contributed by atoms with van der Waals surface area (Å²) in [6.07, 6.45) is 6.81. The highest BCUT2D eigenvalue weighted by Gasteiger charge is 2.28. The first kappa shape index (κ1) is 16.7. The summed E-state index contributed by atoms with van der Waals surface area (Å²) in [5.41, 5.74) is -0.413. The molecule has 0 atom stereocenters. The van der Waals surface area contributed by atoms with E-state index in [1.54, 1.807) is 0 Å². The van der Waals surface area contributed by atoms with Gasteiger partial charge in [-0.15, -0.1) is 12.4 Å². The Hall–Kier alpha value is -0.280. The van der Waals surface area contributed by atoms with E-state index in [2.05, 4.69) is 5.32 Å². The van der Waals surface area contributed by atoms with Gasteiger partial charge in [0.15, 0.2) is 0 Å². The second kappa shape index (κ2) is 7.93. The number of esters is 1. The molecule has 1 saturated carbocycles. The maximum atomic E-state index is 11.5. The molecule has 0 unspecified atom stereocenters. The number of halogens is 1. The molecule has 0 bridgehead atoms. The molecule has 0 aromatic carbocycles. The van der Waals surface area contributed by atoms with Gasteiger partial charge in [0.05, 0.1) is 12.5 Å². The van der Waals surface area contributed by atoms with Crippen LogP contribution in [0.2, 0.25) is 0 Å². The van der Waals surface area contributed by atoms with Gasteiger partial charge >= 0.3 is 5.97 Å². The SMILES string of the molecule is COC(=O)C(C)(C)CNCC1CCCCC1.Cl. The van der Waals surface area contributed by atoms with Crippen molar-refractivity contribution in [3.63, 3.8) is 0 Å². The lowest BCUT2D eigenvalue weighted by Crippen LogP contribution is -2.39. The number of methoxy groups -OCH3 is 1. The average Bonchev–Trinajstić information content (AvgIpc) is 2.29. The van der Waals surface area contributed by atoms with Crippen LogP contribution in [0.4, 0.5) is 0 Å². The summed E-state index contributed by atoms with van der Waals surface area (Å²) in [6, 6.07) is 0. The molecule has 17 heavy (non-hydrogen) atoms. The summed E-state index contributed by atoms with van der Waals surface area (Å²) in [5.74, 6) is 0.672. The number of nitrogens with one attached hydrogen (secondary N) is 1. The van der Waals surface area contributed by atoms with Gasteiger partial charge in [-0.25, -0.2) is 0 Å². The van der Waals surface area contributed by atoms with E-state index < -0.39 is 5.41 Å². The van der Waals surface area contributed by atoms with Gasteiger partial charge in [-0.1, -0.05) is 19.3 Å². The Balaban J connectivity index is 0.00000256. The molecule has 0 saturated heterocycles. The van der Waals surface area contributed by atoms with E-state index in [1.165, 1.54) is 39.2 Å². The van der Waals surface area contributed by atoms with Gasteiger partial charge in [0.25, 0.3) is 0 Å². The van der Waals surface area contributed by atoms with Crippen LogP contribution >= 0.6 is 12.4 Å². The van der Waals surface area contributed by atoms with Crippen molar-refractivity contribution in [1.29, 1.82) is 0 Å². The van der Waals surface area contributed by atoms with E-state index in [0.29, 0.717) is 6.54 Å². The number of rotatable bonds is 5. The molecule has 0 aromatic heterocycles. The van der Waals surface area contributed by atoms with Crippen LogP contribution in [0.3, 0.4) is 0 Å². The van der Waals surface area contributed by atoms with Crippen LogP contribution in [0, 0.1) is 11.3 Å². The fourth-order valence-corrected chi connectivity index (χ4v) is 2.33. The maximum Gasteiger partial charge on any atom is 0.312 e. The van der Waals surface area contributed by atoms with Gasteiger partial charge in [-0.05, 0) is 39.2 Å². The first-order valence-electron chi connectivity index (χ1n) is 6.35. The average molecular weight is 264 g/mol. The summed E-state index contributed by atoms with van der Waals surface area (Å²) < 4.78 is 4.78. The molecule has 1 rings (SSSR count). The molecule has 1 aliphatic rings. The van der Waals surface area contributed by atoms with Crippen molar-refractivity contribution in [2.24, 2.45) is 11.3 Å². The smallest absolute Gasteiger partial charge is 0.312 e. The van der Waals surface area contributed by atoms with Crippen molar-refractivity contribution in [1.82, 2.24) is 5.32 Å². The minimum Gasteiger partial charge on any atom is -0.469 e. The quantitative estimate of drug-likeness (QED) is 0.776. The summed E-state index contributed by atoms with van der Waals surface area (Å²) in [4.78, 5) is 11.5. The number of ether oxygens (including phenoxy) is 1. The van der Waals surface area contributed by atoms with Gasteiger partial charge in [-0.2, -0.15) is 0 Å². The summed E-state index contributed by atoms with van der Waals surface area (Å²) in [5, 5.41) is 3.41. The molecule has 0 aromatic rings. The molecule has 4 heteroatoms. The van der Waals surface area contributed by atoms with Gasteiger partial charge in [0.1, 0.15) is 0 Å². The second-order valence-corrected chi connectivity index (χ2v) is 5.51. The third kappa shape index (κ3) is 5.73. The molecule has 1 aliphatic carbocycles. The Bertz CT molecular complexity index is 225. The van der Waals surface area contributed by atoms with Crippen LogP contribution in [0.5, 0.6) is 0 Å². The lowest BCUT2D eigenvalue weighted by Gasteiger charge is -2.25. The van der Waals surface area contributed by atoms with Gasteiger partial charge < -0.3 is 10.1 Å². The van der Waals surface area contributed by atoms with Gasteiger partial charge in [0.2, 0.25) is 0 Å². The van der Waals surface area contributed by atoms with Crippen molar-refractivity contribution in [3.8, 4) is 0 Å². The number of hydrogen-bond acceptors (Lipinski definition) is 3. The van der Waals surface area contributed by atoms with Crippen molar-refractivity contribution in [3.05, 3.63) is 0 Å². The highest BCUT2D eigenvalue weighted by Crippen LogP contribution is 2.23. The Morgan fingerprint density at radius 2 is 1.88 bits per heavy atom. The van der Waals surface area contributed by atoms with Crippen molar-refractivity contribution in [2.45, 2.75) is 46.0 Å². The summed E-state index contributed by atoms with van der Waals surface area (Å²) in [6.45, 7) is 5.59. The van der Waals surface area contributed by atoms with E-state index in [4.69, 9.17) is 4.74 Å². The Morgan fingerprint density at radius 3 is 2.41 bits per heavy atom. The molecular formula is C13H26ClNO2. The predicted octanol–water partition coefficient (Wildman–Crippen LogP) is 2.78. The number of carbonyl (C=O) groups is 1. The highest BCUT2D eigenvalue weighted by molar-refractivity contribution is 5.85. The topological polar surface area (TPSA) is 38.3 Å². The number of carbonyl (C=O) groups excluding carboxylic acids is 1. The fourth-order valence-electron chi connectivity index (χ4n) is 2.33. The molecule has 0 spiro atoms. The molecule has 0 heterocycles. The van der Waals surface area contributed by atoms with Crippen LogP contribution in [0.15, 0.2) is 0 Å². The minimum atomic E-state index is -0.413. The Kier molecular flexibility index (Phi) is 7.80. The third-order valence-corrected chi connectivity index (χ3v) is 3.46. The van der Waals surface area contributed by atoms with Crippen LogP contribution < -0.4 is 5.32 Å². The zero-order valence-electron chi connectivity index (χ0n) is 11.3. The van der Waals surface area contributed by atoms with Crippen molar-refractivity contribution >= 4 is 18.4 Å². The Labute approximate surface area is 111 Å². The minimum absolute atomic E-state index is 0. The standard InChI is InChI=1S/C13H25NO2.ClH/c1-13(2,12(15)16-3)10-14-9-11-7-5-4-6-8-11;/h11,14H,4-10H2,1-3H3;1H. The highest BCUT2D eigenvalue weighted by atomic mass is 35.5. The van der Waals surface area contributed by atoms with Crippen LogP contribution in [0.25, 0.3) is 0 Å². The molecule has 0 radical (unpaired) electrons. The molecule has 0 amide bonds. The van der Waals surface area contributed by atoms with E-state index in [9.17, 15) is 4.79 Å². The van der Waals surface area contributed by atoms with Crippen LogP contribution in [-0.4, -0.2) is 26.2 Å². The molecule has 1 N–H and O–H groups in total. The third-order valence-electron chi connectivity index (χ3n) is 3.46. The molecular weight excluding hydrogens is 238 g/mol. The summed E-state index contributed by atoms with van der Waals surface area (Å²) in [7, 11) is 1.45. The van der Waals surface area contributed by atoms with Gasteiger partial charge in [-0.3, -0.25) is 4.79 Å². The summed E-state index contributed by atoms with van der Waals surface area (Å²) >= 11 is 0. The van der Waals surface area contributed by atoms with Crippen molar-refractivity contribution in [2.75, 3.05) is 20.2 Å². The molecule has 102 valence electrons. The lowest BCUT2D eigenvalue weighted by molar-refractivity contribution is -0.150.